The normalized spacial score (nSPS) is 19.5. The van der Waals surface area contributed by atoms with Gasteiger partial charge in [0.2, 0.25) is 0 Å². The molecule has 106 valence electrons. The molecule has 1 aliphatic rings. The fourth-order valence-electron chi connectivity index (χ4n) is 3.71. The molecule has 19 heavy (non-hydrogen) atoms. The molecule has 0 bridgehead atoms. The first-order valence-electron chi connectivity index (χ1n) is 8.13. The maximum absolute atomic E-state index is 3.76. The second-order valence-electron chi connectivity index (χ2n) is 5.98. The van der Waals surface area contributed by atoms with Crippen LogP contribution >= 0.6 is 0 Å². The number of rotatable bonds is 7. The van der Waals surface area contributed by atoms with Crippen LogP contribution in [0.2, 0.25) is 0 Å². The van der Waals surface area contributed by atoms with Crippen LogP contribution in [-0.4, -0.2) is 12.6 Å². The van der Waals surface area contributed by atoms with Crippen molar-refractivity contribution in [2.24, 2.45) is 5.92 Å². The van der Waals surface area contributed by atoms with E-state index >= 15 is 0 Å². The Labute approximate surface area is 118 Å². The highest BCUT2D eigenvalue weighted by atomic mass is 14.9. The van der Waals surface area contributed by atoms with Crippen LogP contribution in [0, 0.1) is 5.92 Å². The second kappa shape index (κ2) is 7.69. The number of hydrogen-bond donors (Lipinski definition) is 1. The van der Waals surface area contributed by atoms with Crippen LogP contribution in [0.4, 0.5) is 0 Å². The third-order valence-electron chi connectivity index (χ3n) is 4.68. The van der Waals surface area contributed by atoms with Gasteiger partial charge in [-0.05, 0) is 36.8 Å². The second-order valence-corrected chi connectivity index (χ2v) is 5.98. The zero-order valence-electron chi connectivity index (χ0n) is 12.6. The van der Waals surface area contributed by atoms with Gasteiger partial charge in [-0.25, -0.2) is 0 Å². The molecule has 1 aromatic rings. The fraction of sp³-hybridized carbons (Fsp3) is 0.667. The van der Waals surface area contributed by atoms with Gasteiger partial charge in [-0.2, -0.15) is 0 Å². The predicted molar refractivity (Wildman–Crippen MR) is 83.5 cm³/mol. The van der Waals surface area contributed by atoms with Gasteiger partial charge in [0.1, 0.15) is 0 Å². The fourth-order valence-corrected chi connectivity index (χ4v) is 3.71. The molecule has 0 aromatic heterocycles. The summed E-state index contributed by atoms with van der Waals surface area (Å²) in [6.07, 6.45) is 8.40. The largest absolute Gasteiger partial charge is 0.314 e. The van der Waals surface area contributed by atoms with Crippen LogP contribution in [0.5, 0.6) is 0 Å². The van der Waals surface area contributed by atoms with Gasteiger partial charge in [-0.1, -0.05) is 69.9 Å². The third kappa shape index (κ3) is 4.07. The Bertz CT molecular complexity index is 340. The maximum Gasteiger partial charge on any atom is 0.0138 e. The average molecular weight is 259 g/mol. The van der Waals surface area contributed by atoms with Gasteiger partial charge < -0.3 is 5.32 Å². The monoisotopic (exact) mass is 259 g/mol. The van der Waals surface area contributed by atoms with Crippen molar-refractivity contribution in [3.05, 3.63) is 35.9 Å². The van der Waals surface area contributed by atoms with E-state index in [1.807, 2.05) is 0 Å². The maximum atomic E-state index is 3.76. The van der Waals surface area contributed by atoms with Crippen LogP contribution in [0.1, 0.15) is 63.9 Å². The smallest absolute Gasteiger partial charge is 0.0138 e. The van der Waals surface area contributed by atoms with Gasteiger partial charge in [-0.3, -0.25) is 0 Å². The standard InChI is InChI=1S/C18H29N/c1-3-17(16-12-6-5-7-13-16)18(19-4-2)14-15-10-8-9-11-15/h5-7,12-13,15,17-19H,3-4,8-11,14H2,1-2H3. The minimum absolute atomic E-state index is 0.653. The summed E-state index contributed by atoms with van der Waals surface area (Å²) < 4.78 is 0. The Hall–Kier alpha value is -0.820. The Morgan fingerprint density at radius 2 is 1.79 bits per heavy atom. The molecule has 0 heterocycles. The number of likely N-dealkylation sites (N-methyl/N-ethyl adjacent to an activating group) is 1. The molecule has 0 saturated heterocycles. The van der Waals surface area contributed by atoms with Crippen molar-refractivity contribution in [1.29, 1.82) is 0 Å². The summed E-state index contributed by atoms with van der Waals surface area (Å²) in [6, 6.07) is 11.7. The van der Waals surface area contributed by atoms with Crippen molar-refractivity contribution in [2.75, 3.05) is 6.54 Å². The Kier molecular flexibility index (Phi) is 5.91. The zero-order valence-corrected chi connectivity index (χ0v) is 12.6. The van der Waals surface area contributed by atoms with Crippen molar-refractivity contribution in [3.63, 3.8) is 0 Å². The summed E-state index contributed by atoms with van der Waals surface area (Å²) in [4.78, 5) is 0. The Morgan fingerprint density at radius 1 is 1.11 bits per heavy atom. The molecular weight excluding hydrogens is 230 g/mol. The highest BCUT2D eigenvalue weighted by molar-refractivity contribution is 5.21. The molecule has 0 aliphatic heterocycles. The zero-order chi connectivity index (χ0) is 13.5. The lowest BCUT2D eigenvalue weighted by Gasteiger charge is -2.29. The van der Waals surface area contributed by atoms with Gasteiger partial charge in [0, 0.05) is 6.04 Å². The molecule has 1 aromatic carbocycles. The van der Waals surface area contributed by atoms with Gasteiger partial charge in [0.05, 0.1) is 0 Å². The summed E-state index contributed by atoms with van der Waals surface area (Å²) in [6.45, 7) is 5.65. The lowest BCUT2D eigenvalue weighted by atomic mass is 9.83. The number of hydrogen-bond acceptors (Lipinski definition) is 1. The quantitative estimate of drug-likeness (QED) is 0.746. The molecule has 1 fully saturated rings. The van der Waals surface area contributed by atoms with Crippen molar-refractivity contribution in [3.8, 4) is 0 Å². The molecule has 1 aliphatic carbocycles. The average Bonchev–Trinajstić information content (AvgIpc) is 2.94. The molecule has 1 nitrogen and oxygen atoms in total. The summed E-state index contributed by atoms with van der Waals surface area (Å²) in [5.41, 5.74) is 1.51. The highest BCUT2D eigenvalue weighted by Crippen LogP contribution is 2.33. The first-order valence-corrected chi connectivity index (χ1v) is 8.13. The van der Waals surface area contributed by atoms with Gasteiger partial charge in [-0.15, -0.1) is 0 Å². The van der Waals surface area contributed by atoms with E-state index < -0.39 is 0 Å². The first-order chi connectivity index (χ1) is 9.35. The molecule has 0 amide bonds. The van der Waals surface area contributed by atoms with Crippen molar-refractivity contribution < 1.29 is 0 Å². The van der Waals surface area contributed by atoms with E-state index in [1.54, 1.807) is 0 Å². The van der Waals surface area contributed by atoms with Gasteiger partial charge >= 0.3 is 0 Å². The molecule has 0 spiro atoms. The Balaban J connectivity index is 2.06. The van der Waals surface area contributed by atoms with Crippen LogP contribution in [0.3, 0.4) is 0 Å². The van der Waals surface area contributed by atoms with Crippen LogP contribution < -0.4 is 5.32 Å². The molecule has 2 rings (SSSR count). The molecule has 2 unspecified atom stereocenters. The van der Waals surface area contributed by atoms with E-state index in [9.17, 15) is 0 Å². The minimum Gasteiger partial charge on any atom is -0.314 e. The van der Waals surface area contributed by atoms with Crippen molar-refractivity contribution in [2.45, 2.75) is 64.3 Å². The Morgan fingerprint density at radius 3 is 2.37 bits per heavy atom. The summed E-state index contributed by atoms with van der Waals surface area (Å²) in [5.74, 6) is 1.63. The van der Waals surface area contributed by atoms with Crippen molar-refractivity contribution in [1.82, 2.24) is 5.32 Å². The van der Waals surface area contributed by atoms with Crippen molar-refractivity contribution >= 4 is 0 Å². The van der Waals surface area contributed by atoms with E-state index in [1.165, 1.54) is 44.1 Å². The highest BCUT2D eigenvalue weighted by Gasteiger charge is 2.25. The number of benzene rings is 1. The van der Waals surface area contributed by atoms with E-state index in [0.29, 0.717) is 12.0 Å². The lowest BCUT2D eigenvalue weighted by Crippen LogP contribution is -2.36. The van der Waals surface area contributed by atoms with Gasteiger partial charge in [0.25, 0.3) is 0 Å². The first kappa shape index (κ1) is 14.6. The predicted octanol–water partition coefficient (Wildman–Crippen LogP) is 4.74. The molecule has 1 saturated carbocycles. The summed E-state index contributed by atoms with van der Waals surface area (Å²) in [7, 11) is 0. The minimum atomic E-state index is 0.653. The molecule has 1 heteroatoms. The SMILES string of the molecule is CCNC(CC1CCCC1)C(CC)c1ccccc1. The van der Waals surface area contributed by atoms with Gasteiger partial charge in [0.15, 0.2) is 0 Å². The topological polar surface area (TPSA) is 12.0 Å². The summed E-state index contributed by atoms with van der Waals surface area (Å²) >= 11 is 0. The van der Waals surface area contributed by atoms with E-state index in [2.05, 4.69) is 49.5 Å². The third-order valence-corrected chi connectivity index (χ3v) is 4.68. The molecular formula is C18H29N. The van der Waals surface area contributed by atoms with E-state index in [4.69, 9.17) is 0 Å². The summed E-state index contributed by atoms with van der Waals surface area (Å²) in [5, 5.41) is 3.76. The molecule has 2 atom stereocenters. The van der Waals surface area contributed by atoms with Crippen LogP contribution in [-0.2, 0) is 0 Å². The molecule has 1 N–H and O–H groups in total. The van der Waals surface area contributed by atoms with E-state index in [-0.39, 0.29) is 0 Å². The van der Waals surface area contributed by atoms with Crippen LogP contribution in [0.15, 0.2) is 30.3 Å². The lowest BCUT2D eigenvalue weighted by molar-refractivity contribution is 0.341. The number of nitrogens with one attached hydrogen (secondary N) is 1. The van der Waals surface area contributed by atoms with E-state index in [0.717, 1.165) is 12.5 Å². The molecule has 0 radical (unpaired) electrons. The van der Waals surface area contributed by atoms with Crippen LogP contribution in [0.25, 0.3) is 0 Å².